The number of aromatic nitrogens is 2. The van der Waals surface area contributed by atoms with Crippen LogP contribution in [0.4, 0.5) is 0 Å². The van der Waals surface area contributed by atoms with Gasteiger partial charge in [-0.1, -0.05) is 0 Å². The number of hydrogen-bond acceptors (Lipinski definition) is 4. The summed E-state index contributed by atoms with van der Waals surface area (Å²) >= 11 is 0. The minimum atomic E-state index is -0.647. The zero-order valence-electron chi connectivity index (χ0n) is 9.19. The third-order valence-corrected chi connectivity index (χ3v) is 1.80. The quantitative estimate of drug-likeness (QED) is 0.631. The average Bonchev–Trinajstić information content (AvgIpc) is 2.44. The smallest absolute Gasteiger partial charge is 0.265 e. The lowest BCUT2D eigenvalue weighted by Gasteiger charge is -2.05. The van der Waals surface area contributed by atoms with Gasteiger partial charge in [-0.3, -0.25) is 19.1 Å². The fraction of sp³-hybridized carbons (Fsp3) is 0.444. The molecule has 7 nitrogen and oxygen atoms in total. The fourth-order valence-corrected chi connectivity index (χ4v) is 1.19. The monoisotopic (exact) mass is 226 g/mol. The number of hydroxylamine groups is 1. The number of nitrogens with two attached hydrogens (primary N) is 1. The van der Waals surface area contributed by atoms with Gasteiger partial charge in [0.05, 0.1) is 5.69 Å². The van der Waals surface area contributed by atoms with Crippen molar-refractivity contribution in [2.45, 2.75) is 20.4 Å². The summed E-state index contributed by atoms with van der Waals surface area (Å²) in [4.78, 5) is 26.2. The van der Waals surface area contributed by atoms with Crippen molar-refractivity contribution in [3.8, 4) is 0 Å². The highest BCUT2D eigenvalue weighted by molar-refractivity contribution is 5.76. The Balaban J connectivity index is 2.40. The van der Waals surface area contributed by atoms with E-state index in [1.807, 2.05) is 19.9 Å². The van der Waals surface area contributed by atoms with Gasteiger partial charge in [0, 0.05) is 5.69 Å². The van der Waals surface area contributed by atoms with E-state index >= 15 is 0 Å². The number of amides is 2. The molecule has 1 aromatic rings. The SMILES string of the molecule is Cc1cc(C)n(CC(=O)NOCC(N)=O)n1. The Bertz CT molecular complexity index is 399. The molecular weight excluding hydrogens is 212 g/mol. The fourth-order valence-electron chi connectivity index (χ4n) is 1.19. The van der Waals surface area contributed by atoms with Crippen LogP contribution in [0.3, 0.4) is 0 Å². The predicted molar refractivity (Wildman–Crippen MR) is 55.0 cm³/mol. The highest BCUT2D eigenvalue weighted by Crippen LogP contribution is 2.00. The van der Waals surface area contributed by atoms with Crippen LogP contribution in [0, 0.1) is 13.8 Å². The minimum Gasteiger partial charge on any atom is -0.368 e. The summed E-state index contributed by atoms with van der Waals surface area (Å²) < 4.78 is 1.54. The third kappa shape index (κ3) is 3.70. The van der Waals surface area contributed by atoms with Crippen molar-refractivity contribution in [3.63, 3.8) is 0 Å². The second-order valence-electron chi connectivity index (χ2n) is 3.36. The first-order valence-electron chi connectivity index (χ1n) is 4.69. The van der Waals surface area contributed by atoms with Crippen LogP contribution < -0.4 is 11.2 Å². The normalized spacial score (nSPS) is 10.1. The molecule has 0 aliphatic rings. The van der Waals surface area contributed by atoms with Crippen LogP contribution in [0.25, 0.3) is 0 Å². The minimum absolute atomic E-state index is 0.0401. The summed E-state index contributed by atoms with van der Waals surface area (Å²) in [7, 11) is 0. The number of rotatable bonds is 5. The first-order chi connectivity index (χ1) is 7.49. The van der Waals surface area contributed by atoms with E-state index in [4.69, 9.17) is 5.73 Å². The summed E-state index contributed by atoms with van der Waals surface area (Å²) in [5.74, 6) is -1.04. The maximum atomic E-state index is 11.3. The van der Waals surface area contributed by atoms with Gasteiger partial charge in [-0.05, 0) is 19.9 Å². The molecule has 1 aromatic heterocycles. The zero-order chi connectivity index (χ0) is 12.1. The Morgan fingerprint density at radius 3 is 2.75 bits per heavy atom. The standard InChI is InChI=1S/C9H14N4O3/c1-6-3-7(2)13(11-6)4-9(15)12-16-5-8(10)14/h3H,4-5H2,1-2H3,(H2,10,14)(H,12,15). The Kier molecular flexibility index (Phi) is 4.01. The van der Waals surface area contributed by atoms with Gasteiger partial charge in [-0.15, -0.1) is 0 Å². The largest absolute Gasteiger partial charge is 0.368 e. The van der Waals surface area contributed by atoms with Gasteiger partial charge in [-0.25, -0.2) is 5.48 Å². The molecule has 0 aromatic carbocycles. The van der Waals surface area contributed by atoms with E-state index in [1.54, 1.807) is 0 Å². The number of carbonyl (C=O) groups is 2. The number of aryl methyl sites for hydroxylation is 2. The van der Waals surface area contributed by atoms with Crippen molar-refractivity contribution in [1.29, 1.82) is 0 Å². The van der Waals surface area contributed by atoms with Gasteiger partial charge < -0.3 is 5.73 Å². The van der Waals surface area contributed by atoms with E-state index in [1.165, 1.54) is 4.68 Å². The molecule has 16 heavy (non-hydrogen) atoms. The Labute approximate surface area is 92.5 Å². The maximum absolute atomic E-state index is 11.3. The average molecular weight is 226 g/mol. The lowest BCUT2D eigenvalue weighted by Crippen LogP contribution is -2.32. The van der Waals surface area contributed by atoms with Gasteiger partial charge in [0.15, 0.2) is 6.61 Å². The number of carbonyl (C=O) groups excluding carboxylic acids is 2. The molecule has 0 saturated heterocycles. The van der Waals surface area contributed by atoms with Crippen LogP contribution in [0.5, 0.6) is 0 Å². The molecule has 0 spiro atoms. The summed E-state index contributed by atoms with van der Waals surface area (Å²) in [6.07, 6.45) is 0. The third-order valence-electron chi connectivity index (χ3n) is 1.80. The van der Waals surface area contributed by atoms with Gasteiger partial charge in [-0.2, -0.15) is 5.10 Å². The highest BCUT2D eigenvalue weighted by atomic mass is 16.7. The molecule has 0 bridgehead atoms. The Morgan fingerprint density at radius 2 is 2.25 bits per heavy atom. The van der Waals surface area contributed by atoms with E-state index in [0.717, 1.165) is 11.4 Å². The zero-order valence-corrected chi connectivity index (χ0v) is 9.19. The van der Waals surface area contributed by atoms with E-state index in [2.05, 4.69) is 15.4 Å². The topological polar surface area (TPSA) is 99.2 Å². The number of nitrogens with zero attached hydrogens (tertiary/aromatic N) is 2. The molecule has 0 unspecified atom stereocenters. The van der Waals surface area contributed by atoms with Gasteiger partial charge in [0.1, 0.15) is 6.54 Å². The second kappa shape index (κ2) is 5.26. The number of hydrogen-bond donors (Lipinski definition) is 2. The Hall–Kier alpha value is -1.89. The van der Waals surface area contributed by atoms with Crippen LogP contribution >= 0.6 is 0 Å². The Morgan fingerprint density at radius 1 is 1.56 bits per heavy atom. The van der Waals surface area contributed by atoms with Crippen molar-refractivity contribution in [2.75, 3.05) is 6.61 Å². The lowest BCUT2D eigenvalue weighted by molar-refractivity contribution is -0.138. The van der Waals surface area contributed by atoms with Crippen LogP contribution in [-0.4, -0.2) is 28.2 Å². The summed E-state index contributed by atoms with van der Waals surface area (Å²) in [5, 5.41) is 4.10. The molecule has 3 N–H and O–H groups in total. The van der Waals surface area contributed by atoms with Crippen molar-refractivity contribution in [2.24, 2.45) is 5.73 Å². The van der Waals surface area contributed by atoms with Crippen molar-refractivity contribution in [1.82, 2.24) is 15.3 Å². The maximum Gasteiger partial charge on any atom is 0.265 e. The van der Waals surface area contributed by atoms with Gasteiger partial charge in [0.2, 0.25) is 5.91 Å². The van der Waals surface area contributed by atoms with E-state index in [9.17, 15) is 9.59 Å². The molecule has 1 heterocycles. The van der Waals surface area contributed by atoms with E-state index in [-0.39, 0.29) is 13.2 Å². The molecule has 0 radical (unpaired) electrons. The molecule has 7 heteroatoms. The van der Waals surface area contributed by atoms with Gasteiger partial charge in [0.25, 0.3) is 5.91 Å². The molecule has 88 valence electrons. The van der Waals surface area contributed by atoms with Crippen molar-refractivity contribution >= 4 is 11.8 Å². The number of nitrogens with one attached hydrogen (secondary N) is 1. The van der Waals surface area contributed by atoms with Gasteiger partial charge >= 0.3 is 0 Å². The molecule has 0 aliphatic heterocycles. The van der Waals surface area contributed by atoms with E-state index < -0.39 is 11.8 Å². The first kappa shape index (κ1) is 12.2. The first-order valence-corrected chi connectivity index (χ1v) is 4.69. The molecule has 0 saturated carbocycles. The molecule has 0 atom stereocenters. The summed E-state index contributed by atoms with van der Waals surface area (Å²) in [6.45, 7) is 3.38. The van der Waals surface area contributed by atoms with Crippen molar-refractivity contribution < 1.29 is 14.4 Å². The predicted octanol–water partition coefficient (Wildman–Crippen LogP) is -0.967. The lowest BCUT2D eigenvalue weighted by atomic mass is 10.4. The molecule has 2 amide bonds. The highest BCUT2D eigenvalue weighted by Gasteiger charge is 2.07. The van der Waals surface area contributed by atoms with Crippen LogP contribution in [0.2, 0.25) is 0 Å². The number of primary amides is 1. The molecule has 1 rings (SSSR count). The van der Waals surface area contributed by atoms with E-state index in [0.29, 0.717) is 0 Å². The van der Waals surface area contributed by atoms with Crippen molar-refractivity contribution in [3.05, 3.63) is 17.5 Å². The van der Waals surface area contributed by atoms with Crippen LogP contribution in [-0.2, 0) is 21.0 Å². The molecule has 0 aliphatic carbocycles. The summed E-state index contributed by atoms with van der Waals surface area (Å²) in [6, 6.07) is 1.86. The second-order valence-corrected chi connectivity index (χ2v) is 3.36. The summed E-state index contributed by atoms with van der Waals surface area (Å²) in [5.41, 5.74) is 8.64. The molecule has 0 fully saturated rings. The van der Waals surface area contributed by atoms with Crippen LogP contribution in [0.15, 0.2) is 6.07 Å². The van der Waals surface area contributed by atoms with Crippen LogP contribution in [0.1, 0.15) is 11.4 Å². The molecular formula is C9H14N4O3.